The maximum absolute atomic E-state index is 11.6. The number of hydrogen-bond donors (Lipinski definition) is 2. The first-order valence-corrected chi connectivity index (χ1v) is 6.31. The quantitative estimate of drug-likeness (QED) is 0.622. The Morgan fingerprint density at radius 1 is 1.42 bits per heavy atom. The van der Waals surface area contributed by atoms with Crippen molar-refractivity contribution in [3.63, 3.8) is 0 Å². The van der Waals surface area contributed by atoms with E-state index in [-0.39, 0.29) is 11.0 Å². The number of rotatable bonds is 3. The molecule has 0 aromatic carbocycles. The first kappa shape index (κ1) is 13.7. The molecule has 19 heavy (non-hydrogen) atoms. The molecule has 1 aliphatic heterocycles. The summed E-state index contributed by atoms with van der Waals surface area (Å²) in [5.41, 5.74) is 2.94. The topological polar surface area (TPSA) is 66.7 Å². The second-order valence-electron chi connectivity index (χ2n) is 3.88. The molecule has 1 amide bonds. The number of furan rings is 1. The highest BCUT2D eigenvalue weighted by molar-refractivity contribution is 7.80. The van der Waals surface area contributed by atoms with E-state index in [0.717, 1.165) is 13.1 Å². The molecule has 0 atom stereocenters. The van der Waals surface area contributed by atoms with Crippen molar-refractivity contribution in [3.05, 3.63) is 30.2 Å². The van der Waals surface area contributed by atoms with E-state index in [2.05, 4.69) is 10.7 Å². The molecule has 0 bridgehead atoms. The predicted molar refractivity (Wildman–Crippen MR) is 74.0 cm³/mol. The van der Waals surface area contributed by atoms with Gasteiger partial charge in [0.25, 0.3) is 0 Å². The van der Waals surface area contributed by atoms with Gasteiger partial charge in [-0.15, -0.1) is 0 Å². The van der Waals surface area contributed by atoms with Gasteiger partial charge in [-0.3, -0.25) is 15.5 Å². The van der Waals surface area contributed by atoms with Crippen LogP contribution >= 0.6 is 12.2 Å². The molecule has 1 saturated heterocycles. The maximum Gasteiger partial charge on any atom is 0.250 e. The summed E-state index contributed by atoms with van der Waals surface area (Å²) in [6.45, 7) is 2.78. The highest BCUT2D eigenvalue weighted by Gasteiger charge is 2.11. The van der Waals surface area contributed by atoms with Crippen molar-refractivity contribution < 1.29 is 13.9 Å². The highest BCUT2D eigenvalue weighted by Crippen LogP contribution is 2.01. The van der Waals surface area contributed by atoms with Crippen molar-refractivity contribution in [1.82, 2.24) is 15.8 Å². The van der Waals surface area contributed by atoms with Crippen LogP contribution in [0.4, 0.5) is 0 Å². The third kappa shape index (κ3) is 4.82. The zero-order valence-electron chi connectivity index (χ0n) is 10.3. The standard InChI is InChI=1S/C12H15N3O3S/c16-11(4-3-10-2-1-7-18-10)13-12(19)14-15-5-8-17-9-6-15/h1-4,7H,5-6,8-9H2,(H2,13,14,16,19). The molecule has 2 N–H and O–H groups in total. The van der Waals surface area contributed by atoms with E-state index < -0.39 is 0 Å². The van der Waals surface area contributed by atoms with Crippen LogP contribution in [-0.2, 0) is 9.53 Å². The van der Waals surface area contributed by atoms with Crippen LogP contribution in [0.5, 0.6) is 0 Å². The summed E-state index contributed by atoms with van der Waals surface area (Å²) in [6.07, 6.45) is 4.49. The van der Waals surface area contributed by atoms with Crippen molar-refractivity contribution in [3.8, 4) is 0 Å². The molecule has 1 aliphatic rings. The Bertz CT molecular complexity index is 453. The second-order valence-corrected chi connectivity index (χ2v) is 4.29. The van der Waals surface area contributed by atoms with Crippen molar-refractivity contribution in [2.24, 2.45) is 0 Å². The summed E-state index contributed by atoms with van der Waals surface area (Å²) < 4.78 is 10.3. The average molecular weight is 281 g/mol. The number of nitrogens with one attached hydrogen (secondary N) is 2. The van der Waals surface area contributed by atoms with E-state index >= 15 is 0 Å². The van der Waals surface area contributed by atoms with Gasteiger partial charge in [0.05, 0.1) is 19.5 Å². The largest absolute Gasteiger partial charge is 0.465 e. The molecule has 7 heteroatoms. The Balaban J connectivity index is 1.73. The Hall–Kier alpha value is -1.70. The number of hydrazine groups is 1. The summed E-state index contributed by atoms with van der Waals surface area (Å²) >= 11 is 5.04. The third-order valence-electron chi connectivity index (χ3n) is 2.45. The Morgan fingerprint density at radius 2 is 2.21 bits per heavy atom. The number of carbonyl (C=O) groups is 1. The van der Waals surface area contributed by atoms with Gasteiger partial charge in [-0.2, -0.15) is 0 Å². The molecule has 102 valence electrons. The smallest absolute Gasteiger partial charge is 0.250 e. The molecule has 6 nitrogen and oxygen atoms in total. The van der Waals surface area contributed by atoms with E-state index in [9.17, 15) is 4.79 Å². The number of nitrogens with zero attached hydrogens (tertiary/aromatic N) is 1. The van der Waals surface area contributed by atoms with E-state index in [1.165, 1.54) is 6.08 Å². The molecule has 0 saturated carbocycles. The van der Waals surface area contributed by atoms with Crippen LogP contribution in [0.3, 0.4) is 0 Å². The van der Waals surface area contributed by atoms with Crippen LogP contribution in [-0.4, -0.2) is 42.3 Å². The van der Waals surface area contributed by atoms with Crippen LogP contribution in [0.25, 0.3) is 6.08 Å². The Morgan fingerprint density at radius 3 is 2.89 bits per heavy atom. The molecule has 0 unspecified atom stereocenters. The fraction of sp³-hybridized carbons (Fsp3) is 0.333. The van der Waals surface area contributed by atoms with E-state index in [0.29, 0.717) is 19.0 Å². The normalized spacial score (nSPS) is 16.4. The molecule has 1 aromatic heterocycles. The molecule has 0 aliphatic carbocycles. The summed E-state index contributed by atoms with van der Waals surface area (Å²) in [4.78, 5) is 11.6. The van der Waals surface area contributed by atoms with Crippen LogP contribution in [0.15, 0.2) is 28.9 Å². The number of amides is 1. The van der Waals surface area contributed by atoms with E-state index in [4.69, 9.17) is 21.4 Å². The predicted octanol–water partition coefficient (Wildman–Crippen LogP) is 0.531. The summed E-state index contributed by atoms with van der Waals surface area (Å²) in [5, 5.41) is 4.74. The molecule has 1 aromatic rings. The summed E-state index contributed by atoms with van der Waals surface area (Å²) in [7, 11) is 0. The number of thiocarbonyl (C=S) groups is 1. The lowest BCUT2D eigenvalue weighted by atomic mass is 10.4. The molecular formula is C12H15N3O3S. The first-order valence-electron chi connectivity index (χ1n) is 5.90. The minimum atomic E-state index is -0.304. The maximum atomic E-state index is 11.6. The summed E-state index contributed by atoms with van der Waals surface area (Å²) in [5.74, 6) is 0.310. The minimum absolute atomic E-state index is 0.274. The van der Waals surface area contributed by atoms with Crippen molar-refractivity contribution >= 4 is 29.3 Å². The molecule has 2 rings (SSSR count). The number of morpholine rings is 1. The van der Waals surface area contributed by atoms with Crippen molar-refractivity contribution in [2.45, 2.75) is 0 Å². The average Bonchev–Trinajstić information content (AvgIpc) is 2.90. The Kier molecular flexibility index (Phi) is 5.08. The van der Waals surface area contributed by atoms with Gasteiger partial charge in [-0.25, -0.2) is 5.01 Å². The fourth-order valence-electron chi connectivity index (χ4n) is 1.54. The van der Waals surface area contributed by atoms with Crippen LogP contribution in [0.1, 0.15) is 5.76 Å². The monoisotopic (exact) mass is 281 g/mol. The van der Waals surface area contributed by atoms with Gasteiger partial charge in [0.15, 0.2) is 5.11 Å². The van der Waals surface area contributed by atoms with Crippen LogP contribution < -0.4 is 10.7 Å². The Labute approximate surface area is 116 Å². The SMILES string of the molecule is O=C(C=Cc1ccco1)NC(=S)NN1CCOCC1. The first-order chi connectivity index (χ1) is 9.24. The number of ether oxygens (including phenoxy) is 1. The third-order valence-corrected chi connectivity index (χ3v) is 2.64. The summed E-state index contributed by atoms with van der Waals surface area (Å²) in [6, 6.07) is 3.51. The lowest BCUT2D eigenvalue weighted by molar-refractivity contribution is -0.115. The molecule has 0 radical (unpaired) electrons. The molecule has 1 fully saturated rings. The van der Waals surface area contributed by atoms with Gasteiger partial charge in [-0.05, 0) is 30.4 Å². The molecular weight excluding hydrogens is 266 g/mol. The van der Waals surface area contributed by atoms with Gasteiger partial charge in [0.2, 0.25) is 5.91 Å². The number of carbonyl (C=O) groups excluding carboxylic acids is 1. The zero-order valence-corrected chi connectivity index (χ0v) is 11.1. The lowest BCUT2D eigenvalue weighted by Crippen LogP contribution is -2.52. The van der Waals surface area contributed by atoms with Gasteiger partial charge in [0.1, 0.15) is 5.76 Å². The van der Waals surface area contributed by atoms with Crippen LogP contribution in [0.2, 0.25) is 0 Å². The zero-order chi connectivity index (χ0) is 13.5. The van der Waals surface area contributed by atoms with Gasteiger partial charge in [-0.1, -0.05) is 0 Å². The van der Waals surface area contributed by atoms with Gasteiger partial charge < -0.3 is 9.15 Å². The van der Waals surface area contributed by atoms with Crippen molar-refractivity contribution in [2.75, 3.05) is 26.3 Å². The van der Waals surface area contributed by atoms with Crippen molar-refractivity contribution in [1.29, 1.82) is 0 Å². The van der Waals surface area contributed by atoms with Crippen LogP contribution in [0, 0.1) is 0 Å². The second kappa shape index (κ2) is 7.03. The fourth-order valence-corrected chi connectivity index (χ4v) is 1.77. The van der Waals surface area contributed by atoms with Gasteiger partial charge in [0, 0.05) is 19.2 Å². The lowest BCUT2D eigenvalue weighted by Gasteiger charge is -2.27. The van der Waals surface area contributed by atoms with E-state index in [1.54, 1.807) is 24.5 Å². The van der Waals surface area contributed by atoms with Gasteiger partial charge >= 0.3 is 0 Å². The molecule has 0 spiro atoms. The molecule has 2 heterocycles. The van der Waals surface area contributed by atoms with E-state index in [1.807, 2.05) is 5.01 Å². The minimum Gasteiger partial charge on any atom is -0.465 e. The highest BCUT2D eigenvalue weighted by atomic mass is 32.1. The number of hydrogen-bond acceptors (Lipinski definition) is 5.